The van der Waals surface area contributed by atoms with Crippen molar-refractivity contribution in [3.63, 3.8) is 0 Å². The molecule has 2 aromatic carbocycles. The standard InChI is InChI=1S/C28H21N2O2.C15H28O2.Ir/c1-28(2,3)23-13-19(12-17-6-4-5-7-20(17)23)26-21-14-25(32-24(21)8-10-30-26)22-16-29-15-18-9-11-31-27(18)22;1-7-14(5,8-2)12(16)11-13(17)15(6,9-3)10-4;/h4-11,13-16H,1-3H3;11,16H,7-10H2,1-6H3;/q-1;;/b;12-11-;. The quantitative estimate of drug-likeness (QED) is 0.0885. The first-order valence-corrected chi connectivity index (χ1v) is 17.4. The number of carbonyl (C=O) groups is 1. The van der Waals surface area contributed by atoms with Gasteiger partial charge in [0.1, 0.15) is 22.7 Å². The molecule has 0 aliphatic rings. The summed E-state index contributed by atoms with van der Waals surface area (Å²) >= 11 is 0. The molecule has 4 heterocycles. The number of aromatic nitrogens is 2. The van der Waals surface area contributed by atoms with E-state index < -0.39 is 0 Å². The Balaban J connectivity index is 0.000000269. The molecule has 50 heavy (non-hydrogen) atoms. The van der Waals surface area contributed by atoms with Gasteiger partial charge in [0.05, 0.1) is 11.8 Å². The monoisotopic (exact) mass is 850 g/mol. The molecule has 0 spiro atoms. The van der Waals surface area contributed by atoms with E-state index >= 15 is 0 Å². The minimum Gasteiger partial charge on any atom is -0.512 e. The number of ketones is 1. The zero-order valence-corrected chi connectivity index (χ0v) is 33.1. The second-order valence-corrected chi connectivity index (χ2v) is 14.5. The third kappa shape index (κ3) is 7.65. The van der Waals surface area contributed by atoms with Crippen LogP contribution in [0.15, 0.2) is 94.1 Å². The molecule has 4 aromatic heterocycles. The zero-order chi connectivity index (χ0) is 35.6. The fourth-order valence-electron chi connectivity index (χ4n) is 6.04. The molecule has 1 radical (unpaired) electrons. The van der Waals surface area contributed by atoms with E-state index in [1.54, 1.807) is 24.9 Å². The molecule has 0 amide bonds. The van der Waals surface area contributed by atoms with E-state index in [4.69, 9.17) is 13.8 Å². The van der Waals surface area contributed by atoms with Crippen LogP contribution in [0.5, 0.6) is 0 Å². The van der Waals surface area contributed by atoms with Crippen molar-refractivity contribution < 1.29 is 38.8 Å². The molecular formula is C43H49IrN2O4-. The Hall–Kier alpha value is -4.06. The van der Waals surface area contributed by atoms with Gasteiger partial charge in [-0.2, -0.15) is 0 Å². The third-order valence-electron chi connectivity index (χ3n) is 10.5. The van der Waals surface area contributed by atoms with Crippen molar-refractivity contribution in [1.82, 2.24) is 9.97 Å². The second kappa shape index (κ2) is 15.4. The average molecular weight is 850 g/mol. The first-order chi connectivity index (χ1) is 23.3. The molecule has 0 saturated carbocycles. The molecule has 6 nitrogen and oxygen atoms in total. The van der Waals surface area contributed by atoms with Crippen LogP contribution in [0.3, 0.4) is 0 Å². The maximum Gasteiger partial charge on any atom is 0.164 e. The number of hydrogen-bond donors (Lipinski definition) is 1. The van der Waals surface area contributed by atoms with Crippen molar-refractivity contribution in [2.75, 3.05) is 0 Å². The van der Waals surface area contributed by atoms with Crippen molar-refractivity contribution in [2.24, 2.45) is 10.8 Å². The van der Waals surface area contributed by atoms with Gasteiger partial charge in [-0.25, -0.2) is 0 Å². The number of aliphatic hydroxyl groups is 1. The van der Waals surface area contributed by atoms with Gasteiger partial charge in [0.15, 0.2) is 5.78 Å². The van der Waals surface area contributed by atoms with Crippen LogP contribution in [0.2, 0.25) is 0 Å². The number of furan rings is 2. The molecule has 0 aliphatic heterocycles. The average Bonchev–Trinajstić information content (AvgIpc) is 3.78. The van der Waals surface area contributed by atoms with Gasteiger partial charge in [-0.3, -0.25) is 14.8 Å². The Bertz CT molecular complexity index is 2120. The van der Waals surface area contributed by atoms with E-state index in [0.717, 1.165) is 69.8 Å². The number of allylic oxidation sites excluding steroid dienone is 2. The summed E-state index contributed by atoms with van der Waals surface area (Å²) in [6.07, 6.45) is 11.8. The van der Waals surface area contributed by atoms with Crippen LogP contribution in [-0.4, -0.2) is 20.9 Å². The van der Waals surface area contributed by atoms with Crippen molar-refractivity contribution in [3.05, 3.63) is 96.8 Å². The Labute approximate surface area is 309 Å². The third-order valence-corrected chi connectivity index (χ3v) is 10.5. The summed E-state index contributed by atoms with van der Waals surface area (Å²) in [6, 6.07) is 20.0. The van der Waals surface area contributed by atoms with Crippen LogP contribution in [0, 0.1) is 16.9 Å². The molecule has 0 saturated heterocycles. The minimum absolute atomic E-state index is 0. The number of carbonyl (C=O) groups excluding carboxylic acids is 1. The van der Waals surface area contributed by atoms with Gasteiger partial charge in [0.25, 0.3) is 0 Å². The minimum atomic E-state index is -0.337. The number of fused-ring (bicyclic) bond motifs is 3. The molecule has 265 valence electrons. The van der Waals surface area contributed by atoms with Gasteiger partial charge in [0, 0.05) is 72.1 Å². The van der Waals surface area contributed by atoms with Crippen LogP contribution in [0.25, 0.3) is 55.3 Å². The molecular weight excluding hydrogens is 801 g/mol. The van der Waals surface area contributed by atoms with Crippen LogP contribution < -0.4 is 0 Å². The van der Waals surface area contributed by atoms with Gasteiger partial charge in [-0.15, -0.1) is 29.1 Å². The Morgan fingerprint density at radius 3 is 2.22 bits per heavy atom. The molecule has 6 rings (SSSR count). The normalized spacial score (nSPS) is 12.5. The van der Waals surface area contributed by atoms with Gasteiger partial charge in [-0.05, 0) is 49.3 Å². The van der Waals surface area contributed by atoms with E-state index in [9.17, 15) is 9.90 Å². The molecule has 0 unspecified atom stereocenters. The van der Waals surface area contributed by atoms with E-state index in [2.05, 4.69) is 62.2 Å². The Morgan fingerprint density at radius 1 is 0.880 bits per heavy atom. The summed E-state index contributed by atoms with van der Waals surface area (Å²) in [7, 11) is 0. The summed E-state index contributed by atoms with van der Waals surface area (Å²) in [5, 5.41) is 14.3. The molecule has 7 heteroatoms. The van der Waals surface area contributed by atoms with Gasteiger partial charge in [0.2, 0.25) is 0 Å². The summed E-state index contributed by atoms with van der Waals surface area (Å²) < 4.78 is 11.9. The molecule has 1 N–H and O–H groups in total. The molecule has 6 aromatic rings. The van der Waals surface area contributed by atoms with Crippen molar-refractivity contribution in [2.45, 2.75) is 93.4 Å². The molecule has 0 aliphatic carbocycles. The Kier molecular flexibility index (Phi) is 12.0. The van der Waals surface area contributed by atoms with E-state index in [1.807, 2.05) is 59.7 Å². The van der Waals surface area contributed by atoms with Crippen LogP contribution in [0.4, 0.5) is 0 Å². The smallest absolute Gasteiger partial charge is 0.164 e. The number of nitrogens with zero attached hydrogens (tertiary/aromatic N) is 2. The summed E-state index contributed by atoms with van der Waals surface area (Å²) in [5.74, 6) is 0.993. The fourth-order valence-corrected chi connectivity index (χ4v) is 6.04. The van der Waals surface area contributed by atoms with Crippen LogP contribution in [0.1, 0.15) is 93.6 Å². The van der Waals surface area contributed by atoms with Gasteiger partial charge in [-0.1, -0.05) is 91.5 Å². The number of hydrogen-bond acceptors (Lipinski definition) is 6. The zero-order valence-electron chi connectivity index (χ0n) is 30.7. The predicted molar refractivity (Wildman–Crippen MR) is 201 cm³/mol. The fraction of sp³-hybridized carbons (Fsp3) is 0.372. The van der Waals surface area contributed by atoms with E-state index in [0.29, 0.717) is 5.76 Å². The SMILES string of the molecule is CC(C)(C)c1cc(-c2nccc3oc(-c4cncc5ccoc45)cc23)[c-]c2ccccc12.CCC(C)(CC)C(=O)/C=C(\O)C(C)(CC)CC.[Ir]. The number of benzene rings is 2. The summed E-state index contributed by atoms with van der Waals surface area (Å²) in [6.45, 7) is 18.8. The first kappa shape index (κ1) is 38.7. The van der Waals surface area contributed by atoms with Crippen molar-refractivity contribution in [1.29, 1.82) is 0 Å². The maximum absolute atomic E-state index is 12.2. The topological polar surface area (TPSA) is 89.4 Å². The number of pyridine rings is 2. The van der Waals surface area contributed by atoms with E-state index in [1.165, 1.54) is 17.0 Å². The molecule has 0 fully saturated rings. The predicted octanol–water partition coefficient (Wildman–Crippen LogP) is 12.2. The summed E-state index contributed by atoms with van der Waals surface area (Å²) in [5.41, 5.74) is 4.83. The number of aliphatic hydroxyl groups excluding tert-OH is 1. The van der Waals surface area contributed by atoms with Gasteiger partial charge < -0.3 is 13.9 Å². The van der Waals surface area contributed by atoms with Crippen molar-refractivity contribution >= 4 is 38.5 Å². The van der Waals surface area contributed by atoms with Gasteiger partial charge >= 0.3 is 0 Å². The summed E-state index contributed by atoms with van der Waals surface area (Å²) in [4.78, 5) is 21.3. The number of rotatable bonds is 9. The van der Waals surface area contributed by atoms with Crippen molar-refractivity contribution in [3.8, 4) is 22.6 Å². The van der Waals surface area contributed by atoms with Crippen LogP contribution in [-0.2, 0) is 30.3 Å². The van der Waals surface area contributed by atoms with E-state index in [-0.39, 0.29) is 47.9 Å². The first-order valence-electron chi connectivity index (χ1n) is 17.4. The Morgan fingerprint density at radius 2 is 1.56 bits per heavy atom. The molecule has 0 atom stereocenters. The largest absolute Gasteiger partial charge is 0.512 e. The van der Waals surface area contributed by atoms with Crippen LogP contribution >= 0.6 is 0 Å². The second-order valence-electron chi connectivity index (χ2n) is 14.5. The molecule has 0 bridgehead atoms. The maximum atomic E-state index is 12.2.